The number of carbonyl (C=O) groups excluding carboxylic acids is 2. The number of rotatable bonds is 9. The van der Waals surface area contributed by atoms with Crippen molar-refractivity contribution in [1.29, 1.82) is 0 Å². The van der Waals surface area contributed by atoms with Gasteiger partial charge in [-0.1, -0.05) is 12.1 Å². The minimum atomic E-state index is -0.547. The molecular weight excluding hydrogens is 428 g/mol. The molecule has 0 atom stereocenters. The van der Waals surface area contributed by atoms with Crippen LogP contribution in [-0.4, -0.2) is 36.2 Å². The van der Waals surface area contributed by atoms with Gasteiger partial charge in [-0.25, -0.2) is 0 Å². The van der Waals surface area contributed by atoms with Gasteiger partial charge < -0.3 is 24.9 Å². The second-order valence-corrected chi connectivity index (χ2v) is 6.97. The predicted octanol–water partition coefficient (Wildman–Crippen LogP) is 3.10. The molecule has 1 aromatic carbocycles. The van der Waals surface area contributed by atoms with Crippen LogP contribution in [0.1, 0.15) is 36.4 Å². The van der Waals surface area contributed by atoms with E-state index in [0.29, 0.717) is 22.4 Å². The smallest absolute Gasteiger partial charge is 0.291 e. The van der Waals surface area contributed by atoms with E-state index in [-0.39, 0.29) is 30.7 Å². The molecule has 0 unspecified atom stereocenters. The van der Waals surface area contributed by atoms with E-state index in [1.165, 1.54) is 6.07 Å². The van der Waals surface area contributed by atoms with Gasteiger partial charge in [0.2, 0.25) is 0 Å². The standard InChI is InChI=1S/C20H23BrN2O5/c1-13(2)27-15-6-4-14(5-7-15)12-16(19(25)22-10-3-11-24)23-20(26)17-8-9-18(21)28-17/h4-9,12-13,24H,3,10-11H2,1-2H3,(H,22,25)(H,23,26)/b16-12+. The Morgan fingerprint density at radius 2 is 1.93 bits per heavy atom. The molecular formula is C20H23BrN2O5. The Kier molecular flexibility index (Phi) is 8.28. The van der Waals surface area contributed by atoms with Gasteiger partial charge in [0, 0.05) is 13.2 Å². The van der Waals surface area contributed by atoms with Crippen LogP contribution >= 0.6 is 15.9 Å². The fourth-order valence-corrected chi connectivity index (χ4v) is 2.54. The van der Waals surface area contributed by atoms with Gasteiger partial charge in [0.1, 0.15) is 11.4 Å². The summed E-state index contributed by atoms with van der Waals surface area (Å²) in [5.41, 5.74) is 0.775. The first-order chi connectivity index (χ1) is 13.4. The number of nitrogens with one attached hydrogen (secondary N) is 2. The number of amides is 2. The molecule has 2 rings (SSSR count). The zero-order chi connectivity index (χ0) is 20.5. The summed E-state index contributed by atoms with van der Waals surface area (Å²) in [7, 11) is 0. The molecule has 150 valence electrons. The van der Waals surface area contributed by atoms with Crippen LogP contribution < -0.4 is 15.4 Å². The fraction of sp³-hybridized carbons (Fsp3) is 0.300. The van der Waals surface area contributed by atoms with Crippen LogP contribution in [0.5, 0.6) is 5.75 Å². The molecule has 0 aliphatic carbocycles. The topological polar surface area (TPSA) is 101 Å². The van der Waals surface area contributed by atoms with E-state index in [4.69, 9.17) is 14.3 Å². The second kappa shape index (κ2) is 10.7. The van der Waals surface area contributed by atoms with E-state index in [1.807, 2.05) is 13.8 Å². The van der Waals surface area contributed by atoms with E-state index in [1.54, 1.807) is 36.4 Å². The Morgan fingerprint density at radius 1 is 1.21 bits per heavy atom. The molecule has 0 radical (unpaired) electrons. The third-order valence-electron chi connectivity index (χ3n) is 3.47. The van der Waals surface area contributed by atoms with E-state index >= 15 is 0 Å². The monoisotopic (exact) mass is 450 g/mol. The quantitative estimate of drug-likeness (QED) is 0.402. The van der Waals surface area contributed by atoms with Crippen LogP contribution in [0.2, 0.25) is 0 Å². The highest BCUT2D eigenvalue weighted by molar-refractivity contribution is 9.10. The van der Waals surface area contributed by atoms with Crippen molar-refractivity contribution in [1.82, 2.24) is 10.6 Å². The number of halogens is 1. The SMILES string of the molecule is CC(C)Oc1ccc(/C=C(/NC(=O)c2ccc(Br)o2)C(=O)NCCCO)cc1. The van der Waals surface area contributed by atoms with E-state index < -0.39 is 11.8 Å². The van der Waals surface area contributed by atoms with Gasteiger partial charge in [0.25, 0.3) is 11.8 Å². The molecule has 2 aromatic rings. The van der Waals surface area contributed by atoms with Crippen molar-refractivity contribution in [3.63, 3.8) is 0 Å². The highest BCUT2D eigenvalue weighted by atomic mass is 79.9. The van der Waals surface area contributed by atoms with Gasteiger partial charge in [0.15, 0.2) is 10.4 Å². The molecule has 1 aromatic heterocycles. The Balaban J connectivity index is 2.19. The van der Waals surface area contributed by atoms with Crippen LogP contribution in [0.4, 0.5) is 0 Å². The summed E-state index contributed by atoms with van der Waals surface area (Å²) in [5.74, 6) is -0.226. The summed E-state index contributed by atoms with van der Waals surface area (Å²) in [4.78, 5) is 24.8. The molecule has 0 aliphatic heterocycles. The van der Waals surface area contributed by atoms with Crippen LogP contribution in [0.3, 0.4) is 0 Å². The van der Waals surface area contributed by atoms with Crippen LogP contribution in [-0.2, 0) is 4.79 Å². The van der Waals surface area contributed by atoms with Crippen molar-refractivity contribution in [3.05, 3.63) is 58.1 Å². The van der Waals surface area contributed by atoms with Gasteiger partial charge in [-0.05, 0) is 72.1 Å². The van der Waals surface area contributed by atoms with E-state index in [2.05, 4.69) is 26.6 Å². The van der Waals surface area contributed by atoms with Crippen LogP contribution in [0.25, 0.3) is 6.08 Å². The Labute approximate surface area is 171 Å². The maximum atomic E-state index is 12.5. The summed E-state index contributed by atoms with van der Waals surface area (Å²) < 4.78 is 11.2. The molecule has 1 heterocycles. The molecule has 28 heavy (non-hydrogen) atoms. The Hall–Kier alpha value is -2.58. The maximum absolute atomic E-state index is 12.5. The number of hydrogen-bond donors (Lipinski definition) is 3. The third kappa shape index (κ3) is 6.86. The van der Waals surface area contributed by atoms with Crippen molar-refractivity contribution >= 4 is 33.8 Å². The fourth-order valence-electron chi connectivity index (χ4n) is 2.24. The number of benzene rings is 1. The van der Waals surface area contributed by atoms with Crippen molar-refractivity contribution in [2.45, 2.75) is 26.4 Å². The number of hydrogen-bond acceptors (Lipinski definition) is 5. The Morgan fingerprint density at radius 3 is 2.50 bits per heavy atom. The highest BCUT2D eigenvalue weighted by Crippen LogP contribution is 2.17. The lowest BCUT2D eigenvalue weighted by Crippen LogP contribution is -2.35. The lowest BCUT2D eigenvalue weighted by Gasteiger charge is -2.11. The molecule has 2 amide bonds. The number of carbonyl (C=O) groups is 2. The van der Waals surface area contributed by atoms with Crippen molar-refractivity contribution in [2.24, 2.45) is 0 Å². The first kappa shape index (κ1) is 21.7. The minimum absolute atomic E-state index is 0.0383. The number of furan rings is 1. The maximum Gasteiger partial charge on any atom is 0.291 e. The van der Waals surface area contributed by atoms with Crippen LogP contribution in [0, 0.1) is 0 Å². The Bertz CT molecular complexity index is 827. The minimum Gasteiger partial charge on any atom is -0.491 e. The number of aliphatic hydroxyl groups excluding tert-OH is 1. The third-order valence-corrected chi connectivity index (χ3v) is 3.90. The molecule has 3 N–H and O–H groups in total. The van der Waals surface area contributed by atoms with E-state index in [9.17, 15) is 9.59 Å². The zero-order valence-electron chi connectivity index (χ0n) is 15.7. The van der Waals surface area contributed by atoms with E-state index in [0.717, 1.165) is 0 Å². The average Bonchev–Trinajstić information content (AvgIpc) is 3.09. The molecule has 0 fully saturated rings. The lowest BCUT2D eigenvalue weighted by molar-refractivity contribution is -0.117. The molecule has 8 heteroatoms. The summed E-state index contributed by atoms with van der Waals surface area (Å²) in [5, 5.41) is 14.1. The molecule has 0 bridgehead atoms. The van der Waals surface area contributed by atoms with Gasteiger partial charge >= 0.3 is 0 Å². The molecule has 0 spiro atoms. The highest BCUT2D eigenvalue weighted by Gasteiger charge is 2.17. The second-order valence-electron chi connectivity index (χ2n) is 6.18. The lowest BCUT2D eigenvalue weighted by atomic mass is 10.1. The number of ether oxygens (including phenoxy) is 1. The summed E-state index contributed by atoms with van der Waals surface area (Å²) in [6, 6.07) is 10.2. The summed E-state index contributed by atoms with van der Waals surface area (Å²) >= 11 is 3.14. The van der Waals surface area contributed by atoms with Crippen molar-refractivity contribution < 1.29 is 23.8 Å². The summed E-state index contributed by atoms with van der Waals surface area (Å²) in [6.07, 6.45) is 2.03. The van der Waals surface area contributed by atoms with Gasteiger partial charge in [-0.2, -0.15) is 0 Å². The average molecular weight is 451 g/mol. The predicted molar refractivity (Wildman–Crippen MR) is 109 cm³/mol. The van der Waals surface area contributed by atoms with Gasteiger partial charge in [-0.15, -0.1) is 0 Å². The molecule has 7 nitrogen and oxygen atoms in total. The molecule has 0 saturated heterocycles. The summed E-state index contributed by atoms with van der Waals surface area (Å²) in [6.45, 7) is 4.12. The first-order valence-corrected chi connectivity index (χ1v) is 9.62. The van der Waals surface area contributed by atoms with Gasteiger partial charge in [0.05, 0.1) is 6.10 Å². The van der Waals surface area contributed by atoms with Gasteiger partial charge in [-0.3, -0.25) is 9.59 Å². The first-order valence-electron chi connectivity index (χ1n) is 8.83. The van der Waals surface area contributed by atoms with Crippen molar-refractivity contribution in [3.8, 4) is 5.75 Å². The number of aliphatic hydroxyl groups is 1. The normalized spacial score (nSPS) is 11.4. The zero-order valence-corrected chi connectivity index (χ0v) is 17.3. The largest absolute Gasteiger partial charge is 0.491 e. The van der Waals surface area contributed by atoms with Crippen LogP contribution in [0.15, 0.2) is 51.2 Å². The molecule has 0 saturated carbocycles. The molecule has 0 aliphatic rings. The van der Waals surface area contributed by atoms with Crippen molar-refractivity contribution in [2.75, 3.05) is 13.2 Å².